The van der Waals surface area contributed by atoms with Crippen molar-refractivity contribution >= 4 is 11.6 Å². The second-order valence-electron chi connectivity index (χ2n) is 5.37. The third-order valence-electron chi connectivity index (χ3n) is 4.04. The average Bonchev–Trinajstić information content (AvgIpc) is 2.49. The van der Waals surface area contributed by atoms with E-state index in [-0.39, 0.29) is 0 Å². The summed E-state index contributed by atoms with van der Waals surface area (Å²) in [4.78, 5) is 2.56. The highest BCUT2D eigenvalue weighted by Crippen LogP contribution is 2.16. The molecule has 20 heavy (non-hydrogen) atoms. The summed E-state index contributed by atoms with van der Waals surface area (Å²) in [6.07, 6.45) is 2.37. The molecule has 4 heteroatoms. The first kappa shape index (κ1) is 15.6. The molecule has 2 atom stereocenters. The fourth-order valence-corrected chi connectivity index (χ4v) is 2.82. The summed E-state index contributed by atoms with van der Waals surface area (Å²) in [5, 5.41) is 4.36. The number of nitrogens with zero attached hydrogens (tertiary/aromatic N) is 1. The highest BCUT2D eigenvalue weighted by molar-refractivity contribution is 6.30. The monoisotopic (exact) mass is 296 g/mol. The van der Waals surface area contributed by atoms with Crippen LogP contribution in [0.25, 0.3) is 0 Å². The van der Waals surface area contributed by atoms with Gasteiger partial charge < -0.3 is 10.1 Å². The second kappa shape index (κ2) is 7.87. The van der Waals surface area contributed by atoms with Crippen molar-refractivity contribution in [1.82, 2.24) is 10.2 Å². The van der Waals surface area contributed by atoms with Crippen LogP contribution >= 0.6 is 11.6 Å². The van der Waals surface area contributed by atoms with Crippen LogP contribution in [-0.2, 0) is 0 Å². The number of hydrogen-bond acceptors (Lipinski definition) is 3. The summed E-state index contributed by atoms with van der Waals surface area (Å²) in [7, 11) is 0. The molecule has 1 aromatic rings. The Morgan fingerprint density at radius 3 is 2.65 bits per heavy atom. The van der Waals surface area contributed by atoms with Gasteiger partial charge in [-0.25, -0.2) is 0 Å². The average molecular weight is 297 g/mol. The summed E-state index contributed by atoms with van der Waals surface area (Å²) in [5.74, 6) is 0.893. The van der Waals surface area contributed by atoms with Crippen LogP contribution in [0.2, 0.25) is 5.02 Å². The van der Waals surface area contributed by atoms with Crippen LogP contribution in [-0.4, -0.2) is 43.2 Å². The number of piperazine rings is 1. The summed E-state index contributed by atoms with van der Waals surface area (Å²) in [6, 6.07) is 8.83. The number of benzene rings is 1. The Balaban J connectivity index is 1.80. The van der Waals surface area contributed by atoms with E-state index in [1.807, 2.05) is 24.3 Å². The molecule has 1 saturated heterocycles. The van der Waals surface area contributed by atoms with Gasteiger partial charge in [0.1, 0.15) is 12.4 Å². The quantitative estimate of drug-likeness (QED) is 0.872. The van der Waals surface area contributed by atoms with E-state index in [1.54, 1.807) is 0 Å². The van der Waals surface area contributed by atoms with E-state index in [9.17, 15) is 0 Å². The molecule has 1 aliphatic rings. The molecule has 2 rings (SSSR count). The fourth-order valence-electron chi connectivity index (χ4n) is 2.69. The van der Waals surface area contributed by atoms with E-state index >= 15 is 0 Å². The zero-order chi connectivity index (χ0) is 14.4. The smallest absolute Gasteiger partial charge is 0.119 e. The lowest BCUT2D eigenvalue weighted by Crippen LogP contribution is -2.56. The zero-order valence-electron chi connectivity index (χ0n) is 12.4. The van der Waals surface area contributed by atoms with Gasteiger partial charge in [-0.05, 0) is 37.1 Å². The number of ether oxygens (including phenoxy) is 1. The van der Waals surface area contributed by atoms with E-state index in [4.69, 9.17) is 16.3 Å². The highest BCUT2D eigenvalue weighted by Gasteiger charge is 2.25. The van der Waals surface area contributed by atoms with Crippen molar-refractivity contribution in [1.29, 1.82) is 0 Å². The standard InChI is InChI=1S/C16H25ClN2O/c1-3-14-12-19(15(4-2)11-18-14)9-10-20-16-7-5-13(17)6-8-16/h5-8,14-15,18H,3-4,9-12H2,1-2H3. The molecule has 0 saturated carbocycles. The maximum Gasteiger partial charge on any atom is 0.119 e. The van der Waals surface area contributed by atoms with Crippen LogP contribution < -0.4 is 10.1 Å². The Hall–Kier alpha value is -0.770. The molecule has 1 heterocycles. The maximum atomic E-state index is 5.87. The number of hydrogen-bond donors (Lipinski definition) is 1. The molecule has 0 aromatic heterocycles. The van der Waals surface area contributed by atoms with Gasteiger partial charge in [0.05, 0.1) is 0 Å². The van der Waals surface area contributed by atoms with Crippen molar-refractivity contribution < 1.29 is 4.74 Å². The van der Waals surface area contributed by atoms with Crippen LogP contribution in [0.15, 0.2) is 24.3 Å². The third kappa shape index (κ3) is 4.37. The number of halogens is 1. The zero-order valence-corrected chi connectivity index (χ0v) is 13.2. The van der Waals surface area contributed by atoms with Crippen LogP contribution in [0.1, 0.15) is 26.7 Å². The molecular formula is C16H25ClN2O. The van der Waals surface area contributed by atoms with Crippen molar-refractivity contribution in [3.05, 3.63) is 29.3 Å². The first-order valence-electron chi connectivity index (χ1n) is 7.58. The second-order valence-corrected chi connectivity index (χ2v) is 5.81. The Morgan fingerprint density at radius 2 is 2.00 bits per heavy atom. The van der Waals surface area contributed by atoms with Gasteiger partial charge in [-0.15, -0.1) is 0 Å². The van der Waals surface area contributed by atoms with Gasteiger partial charge >= 0.3 is 0 Å². The molecule has 1 aliphatic heterocycles. The van der Waals surface area contributed by atoms with Crippen molar-refractivity contribution in [3.8, 4) is 5.75 Å². The lowest BCUT2D eigenvalue weighted by Gasteiger charge is -2.39. The van der Waals surface area contributed by atoms with E-state index in [2.05, 4.69) is 24.1 Å². The predicted octanol–water partition coefficient (Wildman–Crippen LogP) is 3.18. The molecule has 0 aliphatic carbocycles. The molecule has 3 nitrogen and oxygen atoms in total. The highest BCUT2D eigenvalue weighted by atomic mass is 35.5. The Kier molecular flexibility index (Phi) is 6.14. The Labute approximate surface area is 127 Å². The molecule has 0 spiro atoms. The van der Waals surface area contributed by atoms with Gasteiger partial charge in [0.25, 0.3) is 0 Å². The van der Waals surface area contributed by atoms with Crippen LogP contribution in [0.5, 0.6) is 5.75 Å². The molecule has 1 N–H and O–H groups in total. The molecule has 2 unspecified atom stereocenters. The molecular weight excluding hydrogens is 272 g/mol. The van der Waals surface area contributed by atoms with E-state index in [1.165, 1.54) is 12.8 Å². The van der Waals surface area contributed by atoms with Crippen LogP contribution in [0.3, 0.4) is 0 Å². The van der Waals surface area contributed by atoms with E-state index < -0.39 is 0 Å². The molecule has 1 fully saturated rings. The third-order valence-corrected chi connectivity index (χ3v) is 4.29. The lowest BCUT2D eigenvalue weighted by atomic mass is 10.1. The van der Waals surface area contributed by atoms with Gasteiger partial charge in [0, 0.05) is 36.7 Å². The van der Waals surface area contributed by atoms with Crippen molar-refractivity contribution in [3.63, 3.8) is 0 Å². The van der Waals surface area contributed by atoms with Crippen molar-refractivity contribution in [2.75, 3.05) is 26.2 Å². The fraction of sp³-hybridized carbons (Fsp3) is 0.625. The lowest BCUT2D eigenvalue weighted by molar-refractivity contribution is 0.105. The summed E-state index contributed by atoms with van der Waals surface area (Å²) >= 11 is 5.87. The topological polar surface area (TPSA) is 24.5 Å². The first-order chi connectivity index (χ1) is 9.72. The van der Waals surface area contributed by atoms with E-state index in [0.717, 1.165) is 37.0 Å². The molecule has 0 bridgehead atoms. The molecule has 1 aromatic carbocycles. The SMILES string of the molecule is CCC1CN(CCOc2ccc(Cl)cc2)C(CC)CN1. The molecule has 112 valence electrons. The minimum absolute atomic E-state index is 0.619. The first-order valence-corrected chi connectivity index (χ1v) is 7.96. The maximum absolute atomic E-state index is 5.87. The molecule has 0 radical (unpaired) electrons. The Morgan fingerprint density at radius 1 is 1.25 bits per heavy atom. The summed E-state index contributed by atoms with van der Waals surface area (Å²) in [6.45, 7) is 8.43. The predicted molar refractivity (Wildman–Crippen MR) is 84.7 cm³/mol. The van der Waals surface area contributed by atoms with Crippen LogP contribution in [0, 0.1) is 0 Å². The van der Waals surface area contributed by atoms with Gasteiger partial charge in [-0.2, -0.15) is 0 Å². The minimum Gasteiger partial charge on any atom is -0.492 e. The van der Waals surface area contributed by atoms with Crippen molar-refractivity contribution in [2.45, 2.75) is 38.8 Å². The van der Waals surface area contributed by atoms with Gasteiger partial charge in [0.2, 0.25) is 0 Å². The van der Waals surface area contributed by atoms with Gasteiger partial charge in [-0.3, -0.25) is 4.90 Å². The summed E-state index contributed by atoms with van der Waals surface area (Å²) in [5.41, 5.74) is 0. The van der Waals surface area contributed by atoms with Gasteiger partial charge in [0.15, 0.2) is 0 Å². The number of rotatable bonds is 6. The number of nitrogens with one attached hydrogen (secondary N) is 1. The summed E-state index contributed by atoms with van der Waals surface area (Å²) < 4.78 is 5.80. The minimum atomic E-state index is 0.619. The van der Waals surface area contributed by atoms with Crippen molar-refractivity contribution in [2.24, 2.45) is 0 Å². The van der Waals surface area contributed by atoms with Crippen LogP contribution in [0.4, 0.5) is 0 Å². The Bertz CT molecular complexity index is 396. The van der Waals surface area contributed by atoms with E-state index in [0.29, 0.717) is 12.1 Å². The normalized spacial score (nSPS) is 23.8. The van der Waals surface area contributed by atoms with Gasteiger partial charge in [-0.1, -0.05) is 25.4 Å². The molecule has 0 amide bonds. The largest absolute Gasteiger partial charge is 0.492 e.